The van der Waals surface area contributed by atoms with Gasteiger partial charge in [-0.15, -0.1) is 0 Å². The monoisotopic (exact) mass is 263 g/mol. The molecule has 0 radical (unpaired) electrons. The van der Waals surface area contributed by atoms with Gasteiger partial charge in [0, 0.05) is 6.54 Å². The van der Waals surface area contributed by atoms with Crippen molar-refractivity contribution in [2.45, 2.75) is 6.10 Å². The van der Waals surface area contributed by atoms with E-state index in [1.807, 2.05) is 0 Å². The number of carbonyl (C=O) groups is 1. The Morgan fingerprint density at radius 1 is 1.53 bits per heavy atom. The first-order valence-electron chi connectivity index (χ1n) is 4.71. The first kappa shape index (κ1) is 13.7. The lowest BCUT2D eigenvalue weighted by Crippen LogP contribution is -2.24. The predicted molar refractivity (Wildman–Crippen MR) is 60.0 cm³/mol. The minimum Gasteiger partial charge on any atom is -0.478 e. The van der Waals surface area contributed by atoms with Crippen LogP contribution >= 0.6 is 11.6 Å². The van der Waals surface area contributed by atoms with E-state index < -0.39 is 30.1 Å². The van der Waals surface area contributed by atoms with Crippen molar-refractivity contribution in [3.05, 3.63) is 28.5 Å². The molecule has 1 atom stereocenters. The number of nitrogens with one attached hydrogen (secondary N) is 1. The fourth-order valence-electron chi connectivity index (χ4n) is 1.22. The zero-order valence-corrected chi connectivity index (χ0v) is 9.41. The third-order valence-corrected chi connectivity index (χ3v) is 2.36. The van der Waals surface area contributed by atoms with E-state index in [9.17, 15) is 9.18 Å². The van der Waals surface area contributed by atoms with Gasteiger partial charge in [-0.2, -0.15) is 0 Å². The van der Waals surface area contributed by atoms with Gasteiger partial charge in [0.2, 0.25) is 0 Å². The van der Waals surface area contributed by atoms with Gasteiger partial charge >= 0.3 is 5.97 Å². The molecule has 0 heterocycles. The number of anilines is 1. The third-order valence-electron chi connectivity index (χ3n) is 2.04. The van der Waals surface area contributed by atoms with Crippen LogP contribution in [-0.2, 0) is 0 Å². The minimum absolute atomic E-state index is 0.111. The zero-order chi connectivity index (χ0) is 13.0. The molecule has 5 nitrogen and oxygen atoms in total. The van der Waals surface area contributed by atoms with Crippen LogP contribution in [0.2, 0.25) is 5.02 Å². The van der Waals surface area contributed by atoms with E-state index in [1.54, 1.807) is 0 Å². The second-order valence-corrected chi connectivity index (χ2v) is 3.71. The maximum atomic E-state index is 13.4. The van der Waals surface area contributed by atoms with Gasteiger partial charge in [-0.1, -0.05) is 11.6 Å². The molecule has 0 aliphatic heterocycles. The molecular formula is C10H11ClFNO4. The number of aliphatic hydroxyl groups excluding tert-OH is 2. The van der Waals surface area contributed by atoms with Gasteiger partial charge in [-0.05, 0) is 12.1 Å². The van der Waals surface area contributed by atoms with E-state index in [2.05, 4.69) is 5.32 Å². The highest BCUT2D eigenvalue weighted by atomic mass is 35.5. The number of aromatic carboxylic acids is 1. The molecule has 0 saturated heterocycles. The molecule has 17 heavy (non-hydrogen) atoms. The molecule has 0 bridgehead atoms. The van der Waals surface area contributed by atoms with Crippen LogP contribution in [0.25, 0.3) is 0 Å². The number of carboxylic acid groups (broad SMARTS) is 1. The normalized spacial score (nSPS) is 12.2. The summed E-state index contributed by atoms with van der Waals surface area (Å²) in [5, 5.41) is 28.9. The van der Waals surface area contributed by atoms with Gasteiger partial charge in [-0.3, -0.25) is 0 Å². The summed E-state index contributed by atoms with van der Waals surface area (Å²) in [5.41, 5.74) is -0.714. The second-order valence-electron chi connectivity index (χ2n) is 3.30. The van der Waals surface area contributed by atoms with Crippen molar-refractivity contribution in [3.63, 3.8) is 0 Å². The smallest absolute Gasteiger partial charge is 0.339 e. The summed E-state index contributed by atoms with van der Waals surface area (Å²) in [6.07, 6.45) is -1.12. The number of hydrogen-bond donors (Lipinski definition) is 4. The number of halogens is 2. The largest absolute Gasteiger partial charge is 0.478 e. The van der Waals surface area contributed by atoms with Gasteiger partial charge in [0.25, 0.3) is 0 Å². The lowest BCUT2D eigenvalue weighted by molar-refractivity contribution is 0.0697. The summed E-state index contributed by atoms with van der Waals surface area (Å²) in [7, 11) is 0. The molecule has 0 aromatic heterocycles. The fourth-order valence-corrected chi connectivity index (χ4v) is 1.46. The molecule has 1 aromatic rings. The van der Waals surface area contributed by atoms with Crippen molar-refractivity contribution >= 4 is 23.3 Å². The maximum Gasteiger partial charge on any atom is 0.339 e. The van der Waals surface area contributed by atoms with Gasteiger partial charge < -0.3 is 20.6 Å². The van der Waals surface area contributed by atoms with E-state index in [0.29, 0.717) is 0 Å². The van der Waals surface area contributed by atoms with Crippen LogP contribution in [0.3, 0.4) is 0 Å². The molecule has 0 spiro atoms. The second kappa shape index (κ2) is 5.81. The van der Waals surface area contributed by atoms with Crippen LogP contribution in [0.1, 0.15) is 10.4 Å². The van der Waals surface area contributed by atoms with E-state index >= 15 is 0 Å². The molecule has 94 valence electrons. The molecule has 7 heteroatoms. The average Bonchev–Trinajstić information content (AvgIpc) is 2.28. The van der Waals surface area contributed by atoms with E-state index in [0.717, 1.165) is 12.1 Å². The molecule has 0 amide bonds. The molecule has 4 N–H and O–H groups in total. The summed E-state index contributed by atoms with van der Waals surface area (Å²) in [6.45, 7) is -0.703. The Labute approximate surface area is 101 Å². The van der Waals surface area contributed by atoms with Crippen LogP contribution in [0.15, 0.2) is 12.1 Å². The van der Waals surface area contributed by atoms with E-state index in [1.165, 1.54) is 0 Å². The van der Waals surface area contributed by atoms with Gasteiger partial charge in [0.05, 0.1) is 23.4 Å². The van der Waals surface area contributed by atoms with Crippen molar-refractivity contribution in [1.82, 2.24) is 0 Å². The number of carboxylic acids is 1. The lowest BCUT2D eigenvalue weighted by Gasteiger charge is -2.14. The predicted octanol–water partition coefficient (Wildman–Crippen LogP) is 0.942. The lowest BCUT2D eigenvalue weighted by atomic mass is 10.1. The quantitative estimate of drug-likeness (QED) is 0.635. The highest BCUT2D eigenvalue weighted by molar-refractivity contribution is 6.34. The third kappa shape index (κ3) is 3.29. The molecular weight excluding hydrogens is 253 g/mol. The summed E-state index contributed by atoms with van der Waals surface area (Å²) >= 11 is 5.65. The molecule has 1 rings (SSSR count). The van der Waals surface area contributed by atoms with Crippen LogP contribution in [0.5, 0.6) is 0 Å². The van der Waals surface area contributed by atoms with Crippen molar-refractivity contribution in [2.75, 3.05) is 18.5 Å². The number of hydrogen-bond acceptors (Lipinski definition) is 4. The van der Waals surface area contributed by atoms with Crippen LogP contribution in [0.4, 0.5) is 10.1 Å². The summed E-state index contributed by atoms with van der Waals surface area (Å²) in [5.74, 6) is -2.17. The van der Waals surface area contributed by atoms with Crippen LogP contribution in [0, 0.1) is 5.82 Å². The summed E-state index contributed by atoms with van der Waals surface area (Å²) in [6, 6.07) is 2.15. The van der Waals surface area contributed by atoms with E-state index in [4.69, 9.17) is 26.9 Å². The Balaban J connectivity index is 3.04. The highest BCUT2D eigenvalue weighted by Crippen LogP contribution is 2.27. The number of aliphatic hydroxyl groups is 2. The maximum absolute atomic E-state index is 13.4. The van der Waals surface area contributed by atoms with E-state index in [-0.39, 0.29) is 17.3 Å². The standard InChI is InChI=1S/C10H11ClFNO4/c11-6-1-2-7(12)9(8(6)10(16)17)13-3-5(15)4-14/h1-2,5,13-15H,3-4H2,(H,16,17). The Bertz CT molecular complexity index is 427. The SMILES string of the molecule is O=C(O)c1c(Cl)ccc(F)c1NCC(O)CO. The molecule has 0 saturated carbocycles. The Kier molecular flexibility index (Phi) is 4.68. The molecule has 0 fully saturated rings. The van der Waals surface area contributed by atoms with Crippen LogP contribution < -0.4 is 5.32 Å². The minimum atomic E-state index is -1.38. The topological polar surface area (TPSA) is 89.8 Å². The fraction of sp³-hybridized carbons (Fsp3) is 0.300. The summed E-state index contributed by atoms with van der Waals surface area (Å²) < 4.78 is 13.4. The Morgan fingerprint density at radius 2 is 2.18 bits per heavy atom. The van der Waals surface area contributed by atoms with Gasteiger partial charge in [0.15, 0.2) is 0 Å². The first-order chi connectivity index (χ1) is 7.97. The van der Waals surface area contributed by atoms with Crippen molar-refractivity contribution < 1.29 is 24.5 Å². The van der Waals surface area contributed by atoms with Crippen molar-refractivity contribution in [1.29, 1.82) is 0 Å². The van der Waals surface area contributed by atoms with Crippen LogP contribution in [-0.4, -0.2) is 40.5 Å². The van der Waals surface area contributed by atoms with Gasteiger partial charge in [0.1, 0.15) is 11.4 Å². The Hall–Kier alpha value is -1.37. The Morgan fingerprint density at radius 3 is 2.71 bits per heavy atom. The highest BCUT2D eigenvalue weighted by Gasteiger charge is 2.19. The molecule has 1 aromatic carbocycles. The summed E-state index contributed by atoms with van der Waals surface area (Å²) in [4.78, 5) is 10.9. The zero-order valence-electron chi connectivity index (χ0n) is 8.65. The molecule has 0 aliphatic rings. The van der Waals surface area contributed by atoms with Crippen molar-refractivity contribution in [3.8, 4) is 0 Å². The number of benzene rings is 1. The van der Waals surface area contributed by atoms with Gasteiger partial charge in [-0.25, -0.2) is 9.18 Å². The molecule has 0 aliphatic carbocycles. The number of rotatable bonds is 5. The first-order valence-corrected chi connectivity index (χ1v) is 5.09. The van der Waals surface area contributed by atoms with Crippen molar-refractivity contribution in [2.24, 2.45) is 0 Å². The molecule has 1 unspecified atom stereocenters. The average molecular weight is 264 g/mol.